The fourth-order valence-electron chi connectivity index (χ4n) is 4.24. The highest BCUT2D eigenvalue weighted by Gasteiger charge is 2.42. The van der Waals surface area contributed by atoms with Crippen LogP contribution in [0.2, 0.25) is 5.02 Å². The molecule has 4 rings (SSSR count). The summed E-state index contributed by atoms with van der Waals surface area (Å²) in [6.07, 6.45) is 1.06. The van der Waals surface area contributed by atoms with Gasteiger partial charge in [0.1, 0.15) is 12.1 Å². The molecule has 2 saturated heterocycles. The summed E-state index contributed by atoms with van der Waals surface area (Å²) in [7, 11) is -3.69. The van der Waals surface area contributed by atoms with Gasteiger partial charge >= 0.3 is 0 Å². The van der Waals surface area contributed by atoms with Crippen LogP contribution in [-0.4, -0.2) is 80.7 Å². The molecule has 2 atom stereocenters. The first-order valence-electron chi connectivity index (χ1n) is 11.3. The van der Waals surface area contributed by atoms with E-state index < -0.39 is 22.1 Å². The maximum Gasteiger partial charge on any atom is 0.245 e. The summed E-state index contributed by atoms with van der Waals surface area (Å²) >= 11 is 7.42. The van der Waals surface area contributed by atoms with Crippen molar-refractivity contribution in [2.45, 2.75) is 31.3 Å². The zero-order valence-corrected chi connectivity index (χ0v) is 21.1. The van der Waals surface area contributed by atoms with E-state index in [9.17, 15) is 18.0 Å². The lowest BCUT2D eigenvalue weighted by atomic mass is 10.1. The van der Waals surface area contributed by atoms with Gasteiger partial charge in [0.2, 0.25) is 21.8 Å². The molecule has 0 aliphatic carbocycles. The predicted octanol–water partition coefficient (Wildman–Crippen LogP) is 1.93. The lowest BCUT2D eigenvalue weighted by Crippen LogP contribution is -2.54. The van der Waals surface area contributed by atoms with E-state index in [1.165, 1.54) is 11.3 Å². The summed E-state index contributed by atoms with van der Waals surface area (Å²) in [5, 5.41) is 2.53. The maximum absolute atomic E-state index is 13.4. The van der Waals surface area contributed by atoms with Gasteiger partial charge in [0.15, 0.2) is 0 Å². The van der Waals surface area contributed by atoms with Crippen LogP contribution < -0.4 is 4.72 Å². The van der Waals surface area contributed by atoms with Gasteiger partial charge in [0.25, 0.3) is 0 Å². The third kappa shape index (κ3) is 6.37. The summed E-state index contributed by atoms with van der Waals surface area (Å²) in [5.41, 5.74) is 0.848. The maximum atomic E-state index is 13.4. The molecular weight excluding hydrogens is 498 g/mol. The summed E-state index contributed by atoms with van der Waals surface area (Å²) in [5.74, 6) is -0.599. The number of thiophene rings is 1. The van der Waals surface area contributed by atoms with E-state index in [0.29, 0.717) is 57.1 Å². The number of halogens is 1. The van der Waals surface area contributed by atoms with E-state index >= 15 is 0 Å². The van der Waals surface area contributed by atoms with Gasteiger partial charge in [-0.05, 0) is 42.0 Å². The second-order valence-electron chi connectivity index (χ2n) is 8.42. The van der Waals surface area contributed by atoms with Crippen molar-refractivity contribution in [3.05, 3.63) is 57.2 Å². The molecule has 184 valence electrons. The lowest BCUT2D eigenvalue weighted by molar-refractivity contribution is -0.146. The van der Waals surface area contributed by atoms with Crippen molar-refractivity contribution in [2.75, 3.05) is 38.6 Å². The van der Waals surface area contributed by atoms with E-state index in [1.807, 2.05) is 17.5 Å². The number of nitrogens with one attached hydrogen (secondary N) is 1. The highest BCUT2D eigenvalue weighted by molar-refractivity contribution is 7.89. The third-order valence-electron chi connectivity index (χ3n) is 6.09. The van der Waals surface area contributed by atoms with Crippen LogP contribution in [0.1, 0.15) is 16.9 Å². The van der Waals surface area contributed by atoms with Gasteiger partial charge in [-0.1, -0.05) is 29.8 Å². The Balaban J connectivity index is 1.42. The molecule has 1 aromatic carbocycles. The van der Waals surface area contributed by atoms with E-state index in [4.69, 9.17) is 16.3 Å². The van der Waals surface area contributed by atoms with Crippen LogP contribution in [0.25, 0.3) is 0 Å². The van der Waals surface area contributed by atoms with E-state index in [2.05, 4.69) is 4.72 Å². The number of carbonyl (C=O) groups excluding carboxylic acids is 2. The predicted molar refractivity (Wildman–Crippen MR) is 131 cm³/mol. The Morgan fingerprint density at radius 1 is 1.18 bits per heavy atom. The topological polar surface area (TPSA) is 96.0 Å². The summed E-state index contributed by atoms with van der Waals surface area (Å²) in [6.45, 7) is 2.25. The third-order valence-corrected chi connectivity index (χ3v) is 8.63. The number of nitrogens with zero attached hydrogens (tertiary/aromatic N) is 2. The van der Waals surface area contributed by atoms with Crippen molar-refractivity contribution in [3.8, 4) is 0 Å². The molecule has 2 fully saturated rings. The van der Waals surface area contributed by atoms with Crippen LogP contribution in [0.4, 0.5) is 0 Å². The highest BCUT2D eigenvalue weighted by Crippen LogP contribution is 2.23. The summed E-state index contributed by atoms with van der Waals surface area (Å²) < 4.78 is 33.3. The first-order valence-corrected chi connectivity index (χ1v) is 14.2. The average molecular weight is 526 g/mol. The quantitative estimate of drug-likeness (QED) is 0.540. The minimum absolute atomic E-state index is 0.115. The molecule has 2 aliphatic rings. The standard InChI is InChI=1S/C23H28ClN3O5S2/c24-18-5-3-17(4-6-18)8-15-34(30,31)25-20-7-9-27(22(20)28)21(16-19-2-1-14-33-19)23(29)26-10-12-32-13-11-26/h1-6,14,20-21,25H,7-13,15-16H2/t20?,21-/m0/s1. The summed E-state index contributed by atoms with van der Waals surface area (Å²) in [4.78, 5) is 30.9. The number of morpholine rings is 1. The smallest absolute Gasteiger partial charge is 0.245 e. The SMILES string of the molecule is O=C([C@H](Cc1cccs1)N1CCC(NS(=O)(=O)CCc2ccc(Cl)cc2)C1=O)N1CCOCC1. The van der Waals surface area contributed by atoms with Crippen LogP contribution in [-0.2, 0) is 37.2 Å². The zero-order valence-electron chi connectivity index (χ0n) is 18.7. The van der Waals surface area contributed by atoms with Gasteiger partial charge in [0, 0.05) is 36.0 Å². The molecule has 0 radical (unpaired) electrons. The van der Waals surface area contributed by atoms with E-state index in [-0.39, 0.29) is 17.6 Å². The first-order chi connectivity index (χ1) is 16.3. The molecule has 0 spiro atoms. The number of ether oxygens (including phenoxy) is 1. The van der Waals surface area contributed by atoms with Crippen molar-refractivity contribution >= 4 is 44.8 Å². The van der Waals surface area contributed by atoms with Gasteiger partial charge in [-0.25, -0.2) is 13.1 Å². The molecule has 11 heteroatoms. The van der Waals surface area contributed by atoms with Crippen molar-refractivity contribution < 1.29 is 22.7 Å². The number of sulfonamides is 1. The van der Waals surface area contributed by atoms with Gasteiger partial charge in [0.05, 0.1) is 19.0 Å². The van der Waals surface area contributed by atoms with Crippen molar-refractivity contribution in [2.24, 2.45) is 0 Å². The molecule has 0 bridgehead atoms. The monoisotopic (exact) mass is 525 g/mol. The molecule has 2 aromatic rings. The normalized spacial score (nSPS) is 20.0. The fourth-order valence-corrected chi connectivity index (χ4v) is 6.39. The van der Waals surface area contributed by atoms with Crippen LogP contribution in [0.5, 0.6) is 0 Å². The Morgan fingerprint density at radius 3 is 2.59 bits per heavy atom. The van der Waals surface area contributed by atoms with Gasteiger partial charge in [-0.15, -0.1) is 11.3 Å². The van der Waals surface area contributed by atoms with Gasteiger partial charge < -0.3 is 14.5 Å². The number of rotatable bonds is 9. The molecule has 1 unspecified atom stereocenters. The molecule has 1 N–H and O–H groups in total. The zero-order chi connectivity index (χ0) is 24.1. The number of carbonyl (C=O) groups is 2. The Bertz CT molecular complexity index is 1090. The minimum Gasteiger partial charge on any atom is -0.378 e. The van der Waals surface area contributed by atoms with Crippen LogP contribution >= 0.6 is 22.9 Å². The fraction of sp³-hybridized carbons (Fsp3) is 0.478. The van der Waals surface area contributed by atoms with Crippen LogP contribution in [0, 0.1) is 0 Å². The highest BCUT2D eigenvalue weighted by atomic mass is 35.5. The minimum atomic E-state index is -3.69. The molecule has 2 amide bonds. The lowest BCUT2D eigenvalue weighted by Gasteiger charge is -2.34. The number of benzene rings is 1. The van der Waals surface area contributed by atoms with Crippen LogP contribution in [0.3, 0.4) is 0 Å². The van der Waals surface area contributed by atoms with E-state index in [0.717, 1.165) is 10.4 Å². The molecular formula is C23H28ClN3O5S2. The van der Waals surface area contributed by atoms with Crippen molar-refractivity contribution in [3.63, 3.8) is 0 Å². The Hall–Kier alpha value is -1.98. The molecule has 0 saturated carbocycles. The molecule has 8 nitrogen and oxygen atoms in total. The Morgan fingerprint density at radius 2 is 1.91 bits per heavy atom. The number of likely N-dealkylation sites (tertiary alicyclic amines) is 1. The average Bonchev–Trinajstić information content (AvgIpc) is 3.47. The first kappa shape index (κ1) is 25.1. The van der Waals surface area contributed by atoms with Crippen molar-refractivity contribution in [1.82, 2.24) is 14.5 Å². The Kier molecular flexibility index (Phi) is 8.26. The Labute approximate surface area is 208 Å². The van der Waals surface area contributed by atoms with Gasteiger partial charge in [-0.3, -0.25) is 9.59 Å². The van der Waals surface area contributed by atoms with Crippen molar-refractivity contribution in [1.29, 1.82) is 0 Å². The largest absolute Gasteiger partial charge is 0.378 e. The number of aryl methyl sites for hydroxylation is 1. The number of hydrogen-bond acceptors (Lipinski definition) is 6. The second-order valence-corrected chi connectivity index (χ2v) is 11.8. The molecule has 3 heterocycles. The number of amides is 2. The second kappa shape index (κ2) is 11.2. The number of hydrogen-bond donors (Lipinski definition) is 1. The van der Waals surface area contributed by atoms with Crippen LogP contribution in [0.15, 0.2) is 41.8 Å². The molecule has 1 aromatic heterocycles. The van der Waals surface area contributed by atoms with Gasteiger partial charge in [-0.2, -0.15) is 0 Å². The molecule has 2 aliphatic heterocycles. The summed E-state index contributed by atoms with van der Waals surface area (Å²) in [6, 6.07) is 9.34. The van der Waals surface area contributed by atoms with E-state index in [1.54, 1.807) is 34.1 Å². The molecule has 34 heavy (non-hydrogen) atoms.